The summed E-state index contributed by atoms with van der Waals surface area (Å²) in [6, 6.07) is 0. The van der Waals surface area contributed by atoms with Crippen LogP contribution in [-0.2, 0) is 13.1 Å². The molecule has 0 bridgehead atoms. The van der Waals surface area contributed by atoms with Gasteiger partial charge in [-0.25, -0.2) is 0 Å². The van der Waals surface area contributed by atoms with E-state index in [9.17, 15) is 0 Å². The molecule has 0 amide bonds. The number of aromatic nitrogens is 2. The minimum absolute atomic E-state index is 0.0157. The molecule has 1 heterocycles. The average Bonchev–Trinajstić information content (AvgIpc) is 2.52. The van der Waals surface area contributed by atoms with Crippen molar-refractivity contribution in [1.82, 2.24) is 15.1 Å². The smallest absolute Gasteiger partial charge is 0.0860 e. The Balaban J connectivity index is 2.75. The second-order valence-corrected chi connectivity index (χ2v) is 5.59. The van der Waals surface area contributed by atoms with Gasteiger partial charge in [0.05, 0.1) is 16.4 Å². The maximum Gasteiger partial charge on any atom is 0.0860 e. The molecule has 0 aromatic carbocycles. The number of nitrogens with one attached hydrogen (secondary N) is 1. The van der Waals surface area contributed by atoms with Gasteiger partial charge in [-0.3, -0.25) is 4.68 Å². The molecule has 1 aromatic rings. The SMILES string of the molecule is CCn1nc(C)c(Cl)c1CNC(C)(C)CCCl. The molecular weight excluding hydrogens is 257 g/mol. The van der Waals surface area contributed by atoms with E-state index >= 15 is 0 Å². The van der Waals surface area contributed by atoms with E-state index in [0.29, 0.717) is 5.88 Å². The van der Waals surface area contributed by atoms with Gasteiger partial charge in [-0.1, -0.05) is 11.6 Å². The third-order valence-corrected chi connectivity index (χ3v) is 3.59. The Morgan fingerprint density at radius 1 is 1.41 bits per heavy atom. The van der Waals surface area contributed by atoms with Gasteiger partial charge in [0.15, 0.2) is 0 Å². The Labute approximate surface area is 113 Å². The molecule has 3 nitrogen and oxygen atoms in total. The summed E-state index contributed by atoms with van der Waals surface area (Å²) >= 11 is 12.0. The lowest BCUT2D eigenvalue weighted by molar-refractivity contribution is 0.369. The predicted octanol–water partition coefficient (Wildman–Crippen LogP) is 3.36. The fraction of sp³-hybridized carbons (Fsp3) is 0.750. The third-order valence-electron chi connectivity index (χ3n) is 2.91. The second-order valence-electron chi connectivity index (χ2n) is 4.84. The van der Waals surface area contributed by atoms with Crippen molar-refractivity contribution in [2.24, 2.45) is 0 Å². The van der Waals surface area contributed by atoms with Gasteiger partial charge in [-0.15, -0.1) is 11.6 Å². The lowest BCUT2D eigenvalue weighted by Gasteiger charge is -2.25. The fourth-order valence-corrected chi connectivity index (χ4v) is 2.36. The van der Waals surface area contributed by atoms with E-state index < -0.39 is 0 Å². The van der Waals surface area contributed by atoms with E-state index in [1.54, 1.807) is 0 Å². The van der Waals surface area contributed by atoms with Crippen LogP contribution in [0.2, 0.25) is 5.02 Å². The first-order valence-electron chi connectivity index (χ1n) is 5.94. The van der Waals surface area contributed by atoms with E-state index in [0.717, 1.165) is 35.9 Å². The largest absolute Gasteiger partial charge is 0.306 e. The van der Waals surface area contributed by atoms with Gasteiger partial charge in [0.2, 0.25) is 0 Å². The number of aryl methyl sites for hydroxylation is 2. The van der Waals surface area contributed by atoms with Gasteiger partial charge in [0, 0.05) is 24.5 Å². The Bertz CT molecular complexity index is 372. The maximum absolute atomic E-state index is 6.25. The first kappa shape index (κ1) is 14.8. The summed E-state index contributed by atoms with van der Waals surface area (Å²) in [5.41, 5.74) is 1.96. The Kier molecular flexibility index (Phi) is 5.29. The molecule has 0 atom stereocenters. The summed E-state index contributed by atoms with van der Waals surface area (Å²) in [4.78, 5) is 0. The number of nitrogens with zero attached hydrogens (tertiary/aromatic N) is 2. The molecule has 0 radical (unpaired) electrons. The van der Waals surface area contributed by atoms with Crippen LogP contribution in [0.4, 0.5) is 0 Å². The summed E-state index contributed by atoms with van der Waals surface area (Å²) in [5, 5.41) is 8.63. The van der Waals surface area contributed by atoms with Gasteiger partial charge >= 0.3 is 0 Å². The summed E-state index contributed by atoms with van der Waals surface area (Å²) in [6.07, 6.45) is 0.922. The standard InChI is InChI=1S/C12H21Cl2N3/c1-5-17-10(11(14)9(2)16-17)8-15-12(3,4)6-7-13/h15H,5-8H2,1-4H3. The topological polar surface area (TPSA) is 29.9 Å². The Morgan fingerprint density at radius 3 is 2.59 bits per heavy atom. The molecule has 98 valence electrons. The number of alkyl halides is 1. The van der Waals surface area contributed by atoms with Crippen molar-refractivity contribution in [2.45, 2.75) is 52.7 Å². The molecular formula is C12H21Cl2N3. The molecule has 5 heteroatoms. The van der Waals surface area contributed by atoms with Crippen LogP contribution < -0.4 is 5.32 Å². The third kappa shape index (κ3) is 3.87. The molecule has 1 rings (SSSR count). The molecule has 0 spiro atoms. The van der Waals surface area contributed by atoms with Crippen molar-refractivity contribution in [2.75, 3.05) is 5.88 Å². The maximum atomic E-state index is 6.25. The second kappa shape index (κ2) is 6.07. The van der Waals surface area contributed by atoms with E-state index in [4.69, 9.17) is 23.2 Å². The molecule has 0 aliphatic heterocycles. The molecule has 0 saturated carbocycles. The van der Waals surface area contributed by atoms with Crippen molar-refractivity contribution < 1.29 is 0 Å². The molecule has 0 saturated heterocycles. The van der Waals surface area contributed by atoms with Crippen LogP contribution in [0.3, 0.4) is 0 Å². The number of halogens is 2. The summed E-state index contributed by atoms with van der Waals surface area (Å²) < 4.78 is 1.95. The van der Waals surface area contributed by atoms with Crippen molar-refractivity contribution in [1.29, 1.82) is 0 Å². The van der Waals surface area contributed by atoms with Crippen molar-refractivity contribution in [3.05, 3.63) is 16.4 Å². The van der Waals surface area contributed by atoms with Gasteiger partial charge in [-0.2, -0.15) is 5.10 Å². The lowest BCUT2D eigenvalue weighted by Crippen LogP contribution is -2.39. The van der Waals surface area contributed by atoms with Crippen LogP contribution in [0.15, 0.2) is 0 Å². The van der Waals surface area contributed by atoms with Gasteiger partial charge in [0.1, 0.15) is 0 Å². The molecule has 17 heavy (non-hydrogen) atoms. The van der Waals surface area contributed by atoms with Crippen LogP contribution in [-0.4, -0.2) is 21.2 Å². The lowest BCUT2D eigenvalue weighted by atomic mass is 10.0. The molecule has 1 N–H and O–H groups in total. The Morgan fingerprint density at radius 2 is 2.06 bits per heavy atom. The Hall–Kier alpha value is -0.250. The first-order chi connectivity index (χ1) is 7.91. The van der Waals surface area contributed by atoms with E-state index in [1.165, 1.54) is 0 Å². The van der Waals surface area contributed by atoms with Crippen LogP contribution in [0.5, 0.6) is 0 Å². The average molecular weight is 278 g/mol. The summed E-state index contributed by atoms with van der Waals surface area (Å²) in [5.74, 6) is 0.653. The predicted molar refractivity (Wildman–Crippen MR) is 73.9 cm³/mol. The molecule has 0 fully saturated rings. The van der Waals surface area contributed by atoms with Crippen LogP contribution >= 0.6 is 23.2 Å². The van der Waals surface area contributed by atoms with Crippen LogP contribution in [0.1, 0.15) is 38.6 Å². The zero-order valence-corrected chi connectivity index (χ0v) is 12.5. The highest BCUT2D eigenvalue weighted by Gasteiger charge is 2.19. The molecule has 0 unspecified atom stereocenters. The minimum Gasteiger partial charge on any atom is -0.306 e. The minimum atomic E-state index is 0.0157. The van der Waals surface area contributed by atoms with Crippen molar-refractivity contribution in [3.8, 4) is 0 Å². The number of rotatable bonds is 6. The van der Waals surface area contributed by atoms with Gasteiger partial charge < -0.3 is 5.32 Å². The molecule has 1 aromatic heterocycles. The zero-order chi connectivity index (χ0) is 13.1. The van der Waals surface area contributed by atoms with Gasteiger partial charge in [0.25, 0.3) is 0 Å². The van der Waals surface area contributed by atoms with E-state index in [-0.39, 0.29) is 5.54 Å². The zero-order valence-electron chi connectivity index (χ0n) is 11.0. The normalized spacial score (nSPS) is 12.1. The van der Waals surface area contributed by atoms with E-state index in [1.807, 2.05) is 11.6 Å². The first-order valence-corrected chi connectivity index (χ1v) is 6.85. The number of hydrogen-bond acceptors (Lipinski definition) is 2. The highest BCUT2D eigenvalue weighted by molar-refractivity contribution is 6.31. The van der Waals surface area contributed by atoms with E-state index in [2.05, 4.69) is 31.2 Å². The van der Waals surface area contributed by atoms with Crippen molar-refractivity contribution in [3.63, 3.8) is 0 Å². The van der Waals surface area contributed by atoms with Crippen molar-refractivity contribution >= 4 is 23.2 Å². The van der Waals surface area contributed by atoms with Crippen LogP contribution in [0.25, 0.3) is 0 Å². The molecule has 0 aliphatic carbocycles. The number of hydrogen-bond donors (Lipinski definition) is 1. The quantitative estimate of drug-likeness (QED) is 0.809. The summed E-state index contributed by atoms with van der Waals surface area (Å²) in [7, 11) is 0. The highest BCUT2D eigenvalue weighted by Crippen LogP contribution is 2.21. The highest BCUT2D eigenvalue weighted by atomic mass is 35.5. The monoisotopic (exact) mass is 277 g/mol. The molecule has 0 aliphatic rings. The van der Waals surface area contributed by atoms with Gasteiger partial charge in [-0.05, 0) is 34.1 Å². The van der Waals surface area contributed by atoms with Crippen LogP contribution in [0, 0.1) is 6.92 Å². The summed E-state index contributed by atoms with van der Waals surface area (Å²) in [6.45, 7) is 9.83. The fourth-order valence-electron chi connectivity index (χ4n) is 1.69.